The van der Waals surface area contributed by atoms with Crippen LogP contribution in [0.25, 0.3) is 0 Å². The van der Waals surface area contributed by atoms with E-state index in [2.05, 4.69) is 14.4 Å². The average Bonchev–Trinajstić information content (AvgIpc) is 2.31. The Hall–Kier alpha value is -1.20. The highest BCUT2D eigenvalue weighted by atomic mass is 19.4. The SMILES string of the molecule is CC(C)c1cc(OC(F)(F)F)no1. The minimum Gasteiger partial charge on any atom is -0.384 e. The summed E-state index contributed by atoms with van der Waals surface area (Å²) in [5, 5.41) is 3.11. The molecule has 0 aliphatic heterocycles. The van der Waals surface area contributed by atoms with Gasteiger partial charge in [0, 0.05) is 12.0 Å². The number of hydrogen-bond donors (Lipinski definition) is 0. The summed E-state index contributed by atoms with van der Waals surface area (Å²) in [4.78, 5) is 0. The second kappa shape index (κ2) is 3.27. The Morgan fingerprint density at radius 1 is 1.46 bits per heavy atom. The van der Waals surface area contributed by atoms with E-state index in [0.717, 1.165) is 6.07 Å². The molecule has 0 atom stereocenters. The summed E-state index contributed by atoms with van der Waals surface area (Å²) < 4.78 is 43.1. The minimum absolute atomic E-state index is 0.0157. The lowest BCUT2D eigenvalue weighted by Gasteiger charge is -2.03. The van der Waals surface area contributed by atoms with E-state index in [1.807, 2.05) is 0 Å². The van der Waals surface area contributed by atoms with Gasteiger partial charge >= 0.3 is 6.36 Å². The molecule has 3 nitrogen and oxygen atoms in total. The van der Waals surface area contributed by atoms with Crippen molar-refractivity contribution in [1.29, 1.82) is 0 Å². The molecule has 0 N–H and O–H groups in total. The fourth-order valence-corrected chi connectivity index (χ4v) is 0.711. The largest absolute Gasteiger partial charge is 0.574 e. The van der Waals surface area contributed by atoms with Crippen LogP contribution in [-0.4, -0.2) is 11.5 Å². The molecule has 0 aliphatic carbocycles. The molecule has 0 bridgehead atoms. The van der Waals surface area contributed by atoms with Gasteiger partial charge in [-0.25, -0.2) is 0 Å². The molecule has 1 aromatic heterocycles. The number of hydrogen-bond acceptors (Lipinski definition) is 3. The van der Waals surface area contributed by atoms with E-state index in [9.17, 15) is 13.2 Å². The molecule has 0 saturated heterocycles. The third kappa shape index (κ3) is 2.96. The summed E-state index contributed by atoms with van der Waals surface area (Å²) in [5.74, 6) is -0.214. The summed E-state index contributed by atoms with van der Waals surface area (Å²) in [6.07, 6.45) is -4.72. The van der Waals surface area contributed by atoms with Crippen LogP contribution in [0.5, 0.6) is 5.88 Å². The molecule has 1 rings (SSSR count). The van der Waals surface area contributed by atoms with Crippen LogP contribution in [0.15, 0.2) is 10.6 Å². The first kappa shape index (κ1) is 9.88. The van der Waals surface area contributed by atoms with Gasteiger partial charge in [0.15, 0.2) is 0 Å². The zero-order valence-electron chi connectivity index (χ0n) is 7.05. The lowest BCUT2D eigenvalue weighted by molar-refractivity contribution is -0.276. The number of ether oxygens (including phenoxy) is 1. The van der Waals surface area contributed by atoms with Gasteiger partial charge in [0.1, 0.15) is 5.76 Å². The Morgan fingerprint density at radius 2 is 2.08 bits per heavy atom. The van der Waals surface area contributed by atoms with E-state index < -0.39 is 12.2 Å². The van der Waals surface area contributed by atoms with Gasteiger partial charge in [0.25, 0.3) is 5.88 Å². The third-order valence-corrected chi connectivity index (χ3v) is 1.30. The molecule has 0 spiro atoms. The smallest absolute Gasteiger partial charge is 0.384 e. The summed E-state index contributed by atoms with van der Waals surface area (Å²) in [5.41, 5.74) is 0. The van der Waals surface area contributed by atoms with E-state index in [-0.39, 0.29) is 5.92 Å². The molecule has 0 amide bonds. The monoisotopic (exact) mass is 195 g/mol. The van der Waals surface area contributed by atoms with Crippen LogP contribution in [0, 0.1) is 0 Å². The van der Waals surface area contributed by atoms with Crippen LogP contribution in [0.4, 0.5) is 13.2 Å². The van der Waals surface area contributed by atoms with Crippen molar-refractivity contribution in [2.24, 2.45) is 0 Å². The van der Waals surface area contributed by atoms with Crippen molar-refractivity contribution >= 4 is 0 Å². The van der Waals surface area contributed by atoms with Gasteiger partial charge in [-0.05, 0) is 5.16 Å². The number of nitrogens with zero attached hydrogens (tertiary/aromatic N) is 1. The Labute approximate surface area is 72.5 Å². The van der Waals surface area contributed by atoms with E-state index >= 15 is 0 Å². The van der Waals surface area contributed by atoms with E-state index in [0.29, 0.717) is 5.76 Å². The summed E-state index contributed by atoms with van der Waals surface area (Å²) in [7, 11) is 0. The van der Waals surface area contributed by atoms with Crippen LogP contribution in [0.3, 0.4) is 0 Å². The van der Waals surface area contributed by atoms with Crippen molar-refractivity contribution in [3.05, 3.63) is 11.8 Å². The predicted octanol–water partition coefficient (Wildman–Crippen LogP) is 2.70. The zero-order valence-corrected chi connectivity index (χ0v) is 7.05. The number of halogens is 3. The van der Waals surface area contributed by atoms with Crippen molar-refractivity contribution in [3.63, 3.8) is 0 Å². The topological polar surface area (TPSA) is 35.3 Å². The van der Waals surface area contributed by atoms with Crippen LogP contribution in [0.1, 0.15) is 25.5 Å². The highest BCUT2D eigenvalue weighted by Gasteiger charge is 2.32. The molecule has 0 aromatic carbocycles. The molecule has 0 aliphatic rings. The molecule has 0 fully saturated rings. The van der Waals surface area contributed by atoms with Gasteiger partial charge in [-0.3, -0.25) is 0 Å². The highest BCUT2D eigenvalue weighted by molar-refractivity contribution is 5.13. The zero-order chi connectivity index (χ0) is 10.1. The standard InChI is InChI=1S/C7H8F3NO2/c1-4(2)5-3-6(11-13-5)12-7(8,9)10/h3-4H,1-2H3. The Bertz CT molecular complexity index is 280. The first-order valence-electron chi connectivity index (χ1n) is 3.61. The molecule has 13 heavy (non-hydrogen) atoms. The van der Waals surface area contributed by atoms with Gasteiger partial charge in [-0.1, -0.05) is 13.8 Å². The third-order valence-electron chi connectivity index (χ3n) is 1.30. The quantitative estimate of drug-likeness (QED) is 0.727. The van der Waals surface area contributed by atoms with Crippen molar-refractivity contribution in [3.8, 4) is 5.88 Å². The van der Waals surface area contributed by atoms with Crippen molar-refractivity contribution in [2.75, 3.05) is 0 Å². The minimum atomic E-state index is -4.72. The fourth-order valence-electron chi connectivity index (χ4n) is 0.711. The van der Waals surface area contributed by atoms with Crippen LogP contribution >= 0.6 is 0 Å². The van der Waals surface area contributed by atoms with Gasteiger partial charge in [0.2, 0.25) is 0 Å². The molecular weight excluding hydrogens is 187 g/mol. The van der Waals surface area contributed by atoms with Crippen molar-refractivity contribution in [2.45, 2.75) is 26.1 Å². The van der Waals surface area contributed by atoms with E-state index in [4.69, 9.17) is 0 Å². The number of rotatable bonds is 2. The molecular formula is C7H8F3NO2. The van der Waals surface area contributed by atoms with Gasteiger partial charge < -0.3 is 9.26 Å². The Morgan fingerprint density at radius 3 is 2.46 bits per heavy atom. The average molecular weight is 195 g/mol. The first-order valence-corrected chi connectivity index (χ1v) is 3.61. The lowest BCUT2D eigenvalue weighted by Crippen LogP contribution is -2.17. The van der Waals surface area contributed by atoms with Gasteiger partial charge in [-0.2, -0.15) is 0 Å². The molecule has 6 heteroatoms. The Kier molecular flexibility index (Phi) is 2.49. The summed E-state index contributed by atoms with van der Waals surface area (Å²) in [6, 6.07) is 1.12. The molecule has 0 radical (unpaired) electrons. The van der Waals surface area contributed by atoms with E-state index in [1.165, 1.54) is 0 Å². The van der Waals surface area contributed by atoms with Crippen LogP contribution in [-0.2, 0) is 0 Å². The molecule has 1 heterocycles. The maximum absolute atomic E-state index is 11.6. The van der Waals surface area contributed by atoms with Gasteiger partial charge in [-0.15, -0.1) is 13.2 Å². The normalized spacial score (nSPS) is 12.2. The number of aromatic nitrogens is 1. The second-order valence-corrected chi connectivity index (χ2v) is 2.77. The molecule has 74 valence electrons. The van der Waals surface area contributed by atoms with Crippen molar-refractivity contribution < 1.29 is 22.4 Å². The van der Waals surface area contributed by atoms with Crippen LogP contribution < -0.4 is 4.74 Å². The molecule has 0 saturated carbocycles. The number of alkyl halides is 3. The molecule has 1 aromatic rings. The maximum atomic E-state index is 11.6. The maximum Gasteiger partial charge on any atom is 0.574 e. The lowest BCUT2D eigenvalue weighted by atomic mass is 10.2. The van der Waals surface area contributed by atoms with Crippen LogP contribution in [0.2, 0.25) is 0 Å². The molecule has 0 unspecified atom stereocenters. The van der Waals surface area contributed by atoms with E-state index in [1.54, 1.807) is 13.8 Å². The summed E-state index contributed by atoms with van der Waals surface area (Å²) >= 11 is 0. The van der Waals surface area contributed by atoms with Gasteiger partial charge in [0.05, 0.1) is 0 Å². The first-order chi connectivity index (χ1) is 5.88. The van der Waals surface area contributed by atoms with Crippen molar-refractivity contribution in [1.82, 2.24) is 5.16 Å². The fraction of sp³-hybridized carbons (Fsp3) is 0.571. The predicted molar refractivity (Wildman–Crippen MR) is 37.3 cm³/mol. The highest BCUT2D eigenvalue weighted by Crippen LogP contribution is 2.24. The second-order valence-electron chi connectivity index (χ2n) is 2.77. The Balaban J connectivity index is 2.70. The summed E-state index contributed by atoms with van der Waals surface area (Å²) in [6.45, 7) is 3.55.